The van der Waals surface area contributed by atoms with E-state index in [1.807, 2.05) is 47.4 Å². The SMILES string of the molecule is O=C1CC(c2ccn3ncnc3c2)c2cn(Cc3ccccc3)nc2N1. The highest BCUT2D eigenvalue weighted by molar-refractivity contribution is 5.94. The molecule has 7 heteroatoms. The molecule has 1 aromatic carbocycles. The molecular formula is C19H16N6O. The summed E-state index contributed by atoms with van der Waals surface area (Å²) in [4.78, 5) is 16.4. The molecule has 1 unspecified atom stereocenters. The lowest BCUT2D eigenvalue weighted by atomic mass is 9.88. The number of nitrogens with zero attached hydrogens (tertiary/aromatic N) is 5. The van der Waals surface area contributed by atoms with E-state index >= 15 is 0 Å². The van der Waals surface area contributed by atoms with Gasteiger partial charge >= 0.3 is 0 Å². The molecule has 0 saturated carbocycles. The molecule has 3 aromatic heterocycles. The van der Waals surface area contributed by atoms with E-state index in [-0.39, 0.29) is 11.8 Å². The van der Waals surface area contributed by atoms with Gasteiger partial charge in [-0.05, 0) is 23.3 Å². The Morgan fingerprint density at radius 3 is 2.96 bits per heavy atom. The highest BCUT2D eigenvalue weighted by atomic mass is 16.1. The van der Waals surface area contributed by atoms with Crippen LogP contribution in [0.4, 0.5) is 5.82 Å². The number of pyridine rings is 1. The monoisotopic (exact) mass is 344 g/mol. The molecule has 0 fully saturated rings. The van der Waals surface area contributed by atoms with E-state index in [2.05, 4.69) is 32.6 Å². The largest absolute Gasteiger partial charge is 0.309 e. The van der Waals surface area contributed by atoms with E-state index in [4.69, 9.17) is 0 Å². The van der Waals surface area contributed by atoms with Gasteiger partial charge in [-0.25, -0.2) is 9.50 Å². The summed E-state index contributed by atoms with van der Waals surface area (Å²) >= 11 is 0. The van der Waals surface area contributed by atoms with Crippen molar-refractivity contribution in [2.45, 2.75) is 18.9 Å². The second-order valence-electron chi connectivity index (χ2n) is 6.44. The fraction of sp³-hybridized carbons (Fsp3) is 0.158. The molecule has 1 aliphatic heterocycles. The Labute approximate surface area is 149 Å². The molecule has 0 radical (unpaired) electrons. The Bertz CT molecular complexity index is 1100. The van der Waals surface area contributed by atoms with Crippen LogP contribution in [0.15, 0.2) is 61.2 Å². The second kappa shape index (κ2) is 5.80. The van der Waals surface area contributed by atoms with E-state index in [1.54, 1.807) is 4.52 Å². The molecule has 1 amide bonds. The van der Waals surface area contributed by atoms with Gasteiger partial charge in [0.25, 0.3) is 0 Å². The molecule has 5 rings (SSSR count). The number of fused-ring (bicyclic) bond motifs is 2. The molecule has 26 heavy (non-hydrogen) atoms. The van der Waals surface area contributed by atoms with Gasteiger partial charge in [-0.1, -0.05) is 30.3 Å². The van der Waals surface area contributed by atoms with Crippen molar-refractivity contribution in [3.63, 3.8) is 0 Å². The van der Waals surface area contributed by atoms with Gasteiger partial charge in [-0.3, -0.25) is 9.48 Å². The van der Waals surface area contributed by atoms with Gasteiger partial charge in [-0.15, -0.1) is 0 Å². The number of rotatable bonds is 3. The Kier molecular flexibility index (Phi) is 3.31. The van der Waals surface area contributed by atoms with Gasteiger partial charge in [0.05, 0.1) is 6.54 Å². The van der Waals surface area contributed by atoms with E-state index in [0.717, 1.165) is 16.8 Å². The Morgan fingerprint density at radius 1 is 1.19 bits per heavy atom. The van der Waals surface area contributed by atoms with Crippen molar-refractivity contribution in [3.8, 4) is 0 Å². The van der Waals surface area contributed by atoms with Crippen LogP contribution in [0.5, 0.6) is 0 Å². The summed E-state index contributed by atoms with van der Waals surface area (Å²) in [7, 11) is 0. The number of carbonyl (C=O) groups is 1. The van der Waals surface area contributed by atoms with E-state index in [1.165, 1.54) is 11.9 Å². The number of aromatic nitrogens is 5. The van der Waals surface area contributed by atoms with Crippen LogP contribution < -0.4 is 5.32 Å². The van der Waals surface area contributed by atoms with Gasteiger partial charge in [0.15, 0.2) is 11.5 Å². The molecule has 4 heterocycles. The van der Waals surface area contributed by atoms with Crippen molar-refractivity contribution in [2.75, 3.05) is 5.32 Å². The molecule has 7 nitrogen and oxygen atoms in total. The van der Waals surface area contributed by atoms with Gasteiger partial charge < -0.3 is 5.32 Å². The third-order valence-corrected chi connectivity index (χ3v) is 4.71. The minimum atomic E-state index is -0.0371. The molecular weight excluding hydrogens is 328 g/mol. The number of carbonyl (C=O) groups excluding carboxylic acids is 1. The first-order valence-corrected chi connectivity index (χ1v) is 8.47. The number of hydrogen-bond acceptors (Lipinski definition) is 4. The van der Waals surface area contributed by atoms with Crippen molar-refractivity contribution >= 4 is 17.4 Å². The average molecular weight is 344 g/mol. The fourth-order valence-electron chi connectivity index (χ4n) is 3.46. The Balaban J connectivity index is 1.53. The van der Waals surface area contributed by atoms with Gasteiger partial charge in [0, 0.05) is 30.3 Å². The summed E-state index contributed by atoms with van der Waals surface area (Å²) in [5.41, 5.74) is 4.01. The maximum Gasteiger partial charge on any atom is 0.226 e. The topological polar surface area (TPSA) is 77.1 Å². The highest BCUT2D eigenvalue weighted by Gasteiger charge is 2.29. The minimum Gasteiger partial charge on any atom is -0.309 e. The third-order valence-electron chi connectivity index (χ3n) is 4.71. The molecule has 0 aliphatic carbocycles. The van der Waals surface area contributed by atoms with Crippen LogP contribution in [0.1, 0.15) is 29.0 Å². The zero-order chi connectivity index (χ0) is 17.5. The lowest BCUT2D eigenvalue weighted by Gasteiger charge is -2.21. The molecule has 4 aromatic rings. The van der Waals surface area contributed by atoms with Crippen molar-refractivity contribution < 1.29 is 4.79 Å². The number of nitrogens with one attached hydrogen (secondary N) is 1. The first kappa shape index (κ1) is 14.8. The molecule has 1 aliphatic rings. The first-order valence-electron chi connectivity index (χ1n) is 8.47. The highest BCUT2D eigenvalue weighted by Crippen LogP contribution is 2.36. The Morgan fingerprint density at radius 2 is 2.08 bits per heavy atom. The van der Waals surface area contributed by atoms with Crippen LogP contribution in [0, 0.1) is 0 Å². The fourth-order valence-corrected chi connectivity index (χ4v) is 3.46. The van der Waals surface area contributed by atoms with Crippen molar-refractivity contribution in [2.24, 2.45) is 0 Å². The van der Waals surface area contributed by atoms with Crippen molar-refractivity contribution in [1.29, 1.82) is 0 Å². The standard InChI is InChI=1S/C19H16N6O/c26-18-9-15(14-6-7-25-17(8-14)20-12-21-25)16-11-24(23-19(16)22-18)10-13-4-2-1-3-5-13/h1-8,11-12,15H,9-10H2,(H,22,23,26). The number of anilines is 1. The quantitative estimate of drug-likeness (QED) is 0.619. The van der Waals surface area contributed by atoms with E-state index < -0.39 is 0 Å². The maximum absolute atomic E-state index is 12.2. The van der Waals surface area contributed by atoms with Crippen LogP contribution in [0.2, 0.25) is 0 Å². The summed E-state index contributed by atoms with van der Waals surface area (Å²) in [5.74, 6) is 0.585. The van der Waals surface area contributed by atoms with Crippen LogP contribution in [0.25, 0.3) is 5.65 Å². The number of amides is 1. The summed E-state index contributed by atoms with van der Waals surface area (Å²) < 4.78 is 3.60. The molecule has 0 bridgehead atoms. The van der Waals surface area contributed by atoms with Crippen molar-refractivity contribution in [1.82, 2.24) is 24.4 Å². The predicted octanol–water partition coefficient (Wildman–Crippen LogP) is 2.45. The smallest absolute Gasteiger partial charge is 0.226 e. The summed E-state index contributed by atoms with van der Waals surface area (Å²) in [6.07, 6.45) is 5.82. The summed E-state index contributed by atoms with van der Waals surface area (Å²) in [6, 6.07) is 14.1. The lowest BCUT2D eigenvalue weighted by molar-refractivity contribution is -0.116. The first-order chi connectivity index (χ1) is 12.8. The molecule has 0 spiro atoms. The summed E-state index contributed by atoms with van der Waals surface area (Å²) in [5, 5.41) is 11.6. The zero-order valence-corrected chi connectivity index (χ0v) is 13.9. The van der Waals surface area contributed by atoms with E-state index in [0.29, 0.717) is 18.8 Å². The van der Waals surface area contributed by atoms with Crippen LogP contribution >= 0.6 is 0 Å². The molecule has 1 atom stereocenters. The molecule has 128 valence electrons. The number of hydrogen-bond donors (Lipinski definition) is 1. The Hall–Kier alpha value is -3.48. The van der Waals surface area contributed by atoms with Crippen LogP contribution in [-0.2, 0) is 11.3 Å². The normalized spacial score (nSPS) is 16.5. The zero-order valence-electron chi connectivity index (χ0n) is 13.9. The van der Waals surface area contributed by atoms with E-state index in [9.17, 15) is 4.79 Å². The van der Waals surface area contributed by atoms with Gasteiger partial charge in [-0.2, -0.15) is 10.2 Å². The number of benzene rings is 1. The molecule has 1 N–H and O–H groups in total. The van der Waals surface area contributed by atoms with Gasteiger partial charge in [0.2, 0.25) is 5.91 Å². The average Bonchev–Trinajstić information content (AvgIpc) is 3.27. The van der Waals surface area contributed by atoms with Crippen LogP contribution in [-0.4, -0.2) is 30.3 Å². The molecule has 0 saturated heterocycles. The van der Waals surface area contributed by atoms with Gasteiger partial charge in [0.1, 0.15) is 6.33 Å². The second-order valence-corrected chi connectivity index (χ2v) is 6.44. The third kappa shape index (κ3) is 2.54. The van der Waals surface area contributed by atoms with Crippen molar-refractivity contribution in [3.05, 3.63) is 77.9 Å². The maximum atomic E-state index is 12.2. The predicted molar refractivity (Wildman–Crippen MR) is 95.8 cm³/mol. The summed E-state index contributed by atoms with van der Waals surface area (Å²) in [6.45, 7) is 0.666. The lowest BCUT2D eigenvalue weighted by Crippen LogP contribution is -2.23. The van der Waals surface area contributed by atoms with Crippen LogP contribution in [0.3, 0.4) is 0 Å². The minimum absolute atomic E-state index is 0.0196.